The maximum atomic E-state index is 9.77. The van der Waals surface area contributed by atoms with Crippen molar-refractivity contribution in [2.24, 2.45) is 17.8 Å². The van der Waals surface area contributed by atoms with E-state index in [1.54, 1.807) is 0 Å². The fraction of sp³-hybridized carbons (Fsp3) is 1.00. The van der Waals surface area contributed by atoms with E-state index in [-0.39, 0.29) is 6.10 Å². The minimum atomic E-state index is -0.0530. The van der Waals surface area contributed by atoms with Crippen LogP contribution in [-0.2, 0) is 0 Å². The number of hydrogen-bond donors (Lipinski definition) is 1. The Labute approximate surface area is 76.2 Å². The van der Waals surface area contributed by atoms with Gasteiger partial charge in [-0.15, -0.1) is 0 Å². The van der Waals surface area contributed by atoms with Gasteiger partial charge in [-0.2, -0.15) is 0 Å². The number of rotatable bonds is 2. The zero-order valence-corrected chi connectivity index (χ0v) is 8.59. The second-order valence-corrected chi connectivity index (χ2v) is 4.53. The van der Waals surface area contributed by atoms with Crippen molar-refractivity contribution in [1.82, 2.24) is 0 Å². The molecular weight excluding hydrogens is 148 g/mol. The van der Waals surface area contributed by atoms with Gasteiger partial charge in [0.25, 0.3) is 0 Å². The van der Waals surface area contributed by atoms with Crippen LogP contribution in [-0.4, -0.2) is 11.2 Å². The lowest BCUT2D eigenvalue weighted by Crippen LogP contribution is -2.31. The van der Waals surface area contributed by atoms with Gasteiger partial charge in [-0.25, -0.2) is 0 Å². The Kier molecular flexibility index (Phi) is 3.57. The zero-order chi connectivity index (χ0) is 9.14. The molecule has 1 aliphatic rings. The van der Waals surface area contributed by atoms with E-state index in [0.29, 0.717) is 5.92 Å². The highest BCUT2D eigenvalue weighted by Gasteiger charge is 2.29. The van der Waals surface area contributed by atoms with Crippen LogP contribution in [0.2, 0.25) is 0 Å². The Balaban J connectivity index is 2.48. The lowest BCUT2D eigenvalue weighted by atomic mass is 9.72. The van der Waals surface area contributed by atoms with Gasteiger partial charge in [0.1, 0.15) is 0 Å². The molecule has 0 aliphatic heterocycles. The molecule has 0 aromatic rings. The third-order valence-corrected chi connectivity index (χ3v) is 3.43. The molecule has 0 bridgehead atoms. The Hall–Kier alpha value is -0.0400. The molecule has 0 radical (unpaired) electrons. The van der Waals surface area contributed by atoms with Crippen molar-refractivity contribution < 1.29 is 5.11 Å². The van der Waals surface area contributed by atoms with E-state index in [9.17, 15) is 5.11 Å². The monoisotopic (exact) mass is 170 g/mol. The SMILES string of the molecule is CC[C@@H](O)C1CC(C)CCC1C. The van der Waals surface area contributed by atoms with E-state index in [1.165, 1.54) is 19.3 Å². The lowest BCUT2D eigenvalue weighted by molar-refractivity contribution is 0.0367. The summed E-state index contributed by atoms with van der Waals surface area (Å²) in [5, 5.41) is 9.77. The largest absolute Gasteiger partial charge is 0.393 e. The fourth-order valence-electron chi connectivity index (χ4n) is 2.42. The average molecular weight is 170 g/mol. The van der Waals surface area contributed by atoms with Crippen LogP contribution in [0.3, 0.4) is 0 Å². The summed E-state index contributed by atoms with van der Waals surface area (Å²) in [5.74, 6) is 2.13. The van der Waals surface area contributed by atoms with Crippen LogP contribution in [0, 0.1) is 17.8 Å². The van der Waals surface area contributed by atoms with Gasteiger partial charge >= 0.3 is 0 Å². The second kappa shape index (κ2) is 4.27. The van der Waals surface area contributed by atoms with E-state index in [4.69, 9.17) is 0 Å². The highest BCUT2D eigenvalue weighted by atomic mass is 16.3. The molecule has 1 aliphatic carbocycles. The van der Waals surface area contributed by atoms with Gasteiger partial charge < -0.3 is 5.11 Å². The normalized spacial score (nSPS) is 39.5. The lowest BCUT2D eigenvalue weighted by Gasteiger charge is -2.35. The summed E-state index contributed by atoms with van der Waals surface area (Å²) >= 11 is 0. The first-order chi connectivity index (χ1) is 5.65. The molecule has 1 N–H and O–H groups in total. The first-order valence-corrected chi connectivity index (χ1v) is 5.33. The summed E-state index contributed by atoms with van der Waals surface area (Å²) in [7, 11) is 0. The Bertz CT molecular complexity index is 129. The second-order valence-electron chi connectivity index (χ2n) is 4.53. The van der Waals surface area contributed by atoms with Gasteiger partial charge in [-0.1, -0.05) is 33.6 Å². The van der Waals surface area contributed by atoms with Crippen molar-refractivity contribution in [2.75, 3.05) is 0 Å². The molecule has 0 heterocycles. The molecule has 1 heteroatoms. The van der Waals surface area contributed by atoms with Crippen LogP contribution in [0.1, 0.15) is 46.5 Å². The standard InChI is InChI=1S/C11H22O/c1-4-11(12)10-7-8(2)5-6-9(10)3/h8-12H,4-7H2,1-3H3/t8?,9?,10?,11-/m1/s1. The predicted molar refractivity (Wildman–Crippen MR) is 52.0 cm³/mol. The van der Waals surface area contributed by atoms with Crippen LogP contribution in [0.25, 0.3) is 0 Å². The van der Waals surface area contributed by atoms with Crippen molar-refractivity contribution in [2.45, 2.75) is 52.6 Å². The van der Waals surface area contributed by atoms with Crippen molar-refractivity contribution in [1.29, 1.82) is 0 Å². The predicted octanol–water partition coefficient (Wildman–Crippen LogP) is 2.83. The van der Waals surface area contributed by atoms with Crippen LogP contribution in [0.15, 0.2) is 0 Å². The minimum absolute atomic E-state index is 0.0530. The van der Waals surface area contributed by atoms with Crippen LogP contribution in [0.4, 0.5) is 0 Å². The summed E-state index contributed by atoms with van der Waals surface area (Å²) in [5.41, 5.74) is 0. The van der Waals surface area contributed by atoms with Gasteiger partial charge in [0, 0.05) is 0 Å². The van der Waals surface area contributed by atoms with E-state index < -0.39 is 0 Å². The molecule has 4 atom stereocenters. The molecule has 1 nitrogen and oxygen atoms in total. The number of aliphatic hydroxyl groups excluding tert-OH is 1. The summed E-state index contributed by atoms with van der Waals surface area (Å²) in [6, 6.07) is 0. The summed E-state index contributed by atoms with van der Waals surface area (Å²) in [6.45, 7) is 6.67. The van der Waals surface area contributed by atoms with Gasteiger partial charge in [-0.3, -0.25) is 0 Å². The quantitative estimate of drug-likeness (QED) is 0.675. The van der Waals surface area contributed by atoms with Crippen molar-refractivity contribution in [3.63, 3.8) is 0 Å². The van der Waals surface area contributed by atoms with Gasteiger partial charge in [0.2, 0.25) is 0 Å². The van der Waals surface area contributed by atoms with Crippen LogP contribution in [0.5, 0.6) is 0 Å². The van der Waals surface area contributed by atoms with E-state index >= 15 is 0 Å². The molecule has 0 saturated heterocycles. The van der Waals surface area contributed by atoms with Crippen LogP contribution >= 0.6 is 0 Å². The Morgan fingerprint density at radius 2 is 2.00 bits per heavy atom. The van der Waals surface area contributed by atoms with Gasteiger partial charge in [0.15, 0.2) is 0 Å². The average Bonchev–Trinajstić information content (AvgIpc) is 2.08. The summed E-state index contributed by atoms with van der Waals surface area (Å²) < 4.78 is 0. The first kappa shape index (κ1) is 10.0. The Morgan fingerprint density at radius 1 is 1.33 bits per heavy atom. The maximum absolute atomic E-state index is 9.77. The molecule has 0 amide bonds. The Morgan fingerprint density at radius 3 is 2.58 bits per heavy atom. The van der Waals surface area contributed by atoms with Crippen molar-refractivity contribution in [3.05, 3.63) is 0 Å². The fourth-order valence-corrected chi connectivity index (χ4v) is 2.42. The molecule has 72 valence electrons. The number of aliphatic hydroxyl groups is 1. The molecule has 1 fully saturated rings. The third-order valence-electron chi connectivity index (χ3n) is 3.43. The van der Waals surface area contributed by atoms with Gasteiger partial charge in [-0.05, 0) is 30.6 Å². The highest BCUT2D eigenvalue weighted by molar-refractivity contribution is 4.80. The first-order valence-electron chi connectivity index (χ1n) is 5.33. The van der Waals surface area contributed by atoms with Crippen molar-refractivity contribution >= 4 is 0 Å². The van der Waals surface area contributed by atoms with E-state index in [2.05, 4.69) is 20.8 Å². The van der Waals surface area contributed by atoms with E-state index in [0.717, 1.165) is 18.3 Å². The van der Waals surface area contributed by atoms with Gasteiger partial charge in [0.05, 0.1) is 6.10 Å². The molecule has 0 aromatic heterocycles. The topological polar surface area (TPSA) is 20.2 Å². The number of hydrogen-bond acceptors (Lipinski definition) is 1. The smallest absolute Gasteiger partial charge is 0.0568 e. The molecule has 0 spiro atoms. The molecule has 12 heavy (non-hydrogen) atoms. The van der Waals surface area contributed by atoms with Crippen molar-refractivity contribution in [3.8, 4) is 0 Å². The summed E-state index contributed by atoms with van der Waals surface area (Å²) in [6.07, 6.45) is 4.76. The summed E-state index contributed by atoms with van der Waals surface area (Å²) in [4.78, 5) is 0. The zero-order valence-electron chi connectivity index (χ0n) is 8.59. The minimum Gasteiger partial charge on any atom is -0.393 e. The molecule has 3 unspecified atom stereocenters. The third kappa shape index (κ3) is 2.22. The maximum Gasteiger partial charge on any atom is 0.0568 e. The van der Waals surface area contributed by atoms with Crippen LogP contribution < -0.4 is 0 Å². The molecular formula is C11H22O. The molecule has 1 rings (SSSR count). The highest BCUT2D eigenvalue weighted by Crippen LogP contribution is 2.36. The molecule has 1 saturated carbocycles. The van der Waals surface area contributed by atoms with E-state index in [1.807, 2.05) is 0 Å². The molecule has 0 aromatic carbocycles.